The van der Waals surface area contributed by atoms with Gasteiger partial charge >= 0.3 is 0 Å². The smallest absolute Gasteiger partial charge is 0.251 e. The predicted molar refractivity (Wildman–Crippen MR) is 141 cm³/mol. The molecule has 0 aliphatic heterocycles. The van der Waals surface area contributed by atoms with E-state index in [4.69, 9.17) is 16.3 Å². The average molecular weight is 506 g/mol. The molecular weight excluding hydrogens is 478 g/mol. The van der Waals surface area contributed by atoms with Crippen molar-refractivity contribution in [2.75, 3.05) is 12.4 Å². The molecule has 4 aromatic rings. The first kappa shape index (κ1) is 25.2. The number of fused-ring (bicyclic) bond motifs is 1. The number of rotatable bonds is 6. The topological polar surface area (TPSA) is 98.1 Å². The summed E-state index contributed by atoms with van der Waals surface area (Å²) in [6, 6.07) is 10.5. The van der Waals surface area contributed by atoms with Crippen LogP contribution in [-0.4, -0.2) is 33.6 Å². The van der Waals surface area contributed by atoms with E-state index in [-0.39, 0.29) is 23.8 Å². The van der Waals surface area contributed by atoms with Gasteiger partial charge in [-0.05, 0) is 69.2 Å². The zero-order chi connectivity index (χ0) is 26.0. The number of nitrogens with one attached hydrogen (secondary N) is 2. The number of aromatic nitrogens is 3. The van der Waals surface area contributed by atoms with Gasteiger partial charge in [0.05, 0.1) is 34.4 Å². The van der Waals surface area contributed by atoms with Crippen LogP contribution in [0.4, 0.5) is 5.69 Å². The zero-order valence-corrected chi connectivity index (χ0v) is 21.6. The molecule has 36 heavy (non-hydrogen) atoms. The Hall–Kier alpha value is -3.91. The van der Waals surface area contributed by atoms with Crippen molar-refractivity contribution in [3.8, 4) is 11.5 Å². The van der Waals surface area contributed by atoms with Gasteiger partial charge in [-0.3, -0.25) is 19.3 Å². The van der Waals surface area contributed by atoms with E-state index in [2.05, 4.69) is 20.7 Å². The van der Waals surface area contributed by atoms with Gasteiger partial charge in [0.25, 0.3) is 5.91 Å². The van der Waals surface area contributed by atoms with Gasteiger partial charge in [0.15, 0.2) is 0 Å². The summed E-state index contributed by atoms with van der Waals surface area (Å²) in [5.41, 5.74) is 3.19. The van der Waals surface area contributed by atoms with Crippen LogP contribution < -0.4 is 15.4 Å². The molecule has 0 bridgehead atoms. The molecule has 2 N–H and O–H groups in total. The maximum absolute atomic E-state index is 12.6. The Morgan fingerprint density at radius 3 is 2.58 bits per heavy atom. The fourth-order valence-electron chi connectivity index (χ4n) is 3.78. The van der Waals surface area contributed by atoms with E-state index >= 15 is 0 Å². The second-order valence-corrected chi connectivity index (χ2v) is 9.92. The van der Waals surface area contributed by atoms with Gasteiger partial charge in [0.2, 0.25) is 5.91 Å². The summed E-state index contributed by atoms with van der Waals surface area (Å²) in [6.07, 6.45) is 5.23. The highest BCUT2D eigenvalue weighted by Crippen LogP contribution is 2.37. The fourth-order valence-corrected chi connectivity index (χ4v) is 4.11. The molecule has 8 nitrogen and oxygen atoms in total. The summed E-state index contributed by atoms with van der Waals surface area (Å²) in [7, 11) is 1.58. The highest BCUT2D eigenvalue weighted by Gasteiger charge is 2.17. The molecule has 0 radical (unpaired) electrons. The minimum atomic E-state index is -0.200. The number of carbonyl (C=O) groups is 2. The van der Waals surface area contributed by atoms with Crippen LogP contribution in [0.5, 0.6) is 11.5 Å². The highest BCUT2D eigenvalue weighted by molar-refractivity contribution is 6.32. The number of benzene rings is 2. The lowest BCUT2D eigenvalue weighted by molar-refractivity contribution is -0.115. The summed E-state index contributed by atoms with van der Waals surface area (Å²) >= 11 is 6.59. The summed E-state index contributed by atoms with van der Waals surface area (Å²) in [5.74, 6) is 0.631. The first-order chi connectivity index (χ1) is 17.0. The molecule has 0 unspecified atom stereocenters. The summed E-state index contributed by atoms with van der Waals surface area (Å²) in [4.78, 5) is 29.1. The lowest BCUT2D eigenvalue weighted by Gasteiger charge is -2.18. The zero-order valence-electron chi connectivity index (χ0n) is 20.8. The number of pyridine rings is 1. The van der Waals surface area contributed by atoms with E-state index < -0.39 is 0 Å². The standard InChI is InChI=1S/C27H28ClN5O3/c1-16-10-17(12-24(34)32-19-14-31-33(15-19)27(2,3)4)11-21(28)25(16)36-23-8-9-30-22-7-6-18(13-20(22)23)26(35)29-5/h6-11,13-15H,12H2,1-5H3,(H,29,35)(H,32,34). The van der Waals surface area contributed by atoms with Crippen LogP contribution in [0.2, 0.25) is 5.02 Å². The van der Waals surface area contributed by atoms with E-state index in [0.29, 0.717) is 38.7 Å². The second kappa shape index (κ2) is 9.99. The van der Waals surface area contributed by atoms with Gasteiger partial charge < -0.3 is 15.4 Å². The molecule has 9 heteroatoms. The fraction of sp³-hybridized carbons (Fsp3) is 0.259. The van der Waals surface area contributed by atoms with Crippen molar-refractivity contribution in [1.82, 2.24) is 20.1 Å². The van der Waals surface area contributed by atoms with Gasteiger partial charge in [-0.1, -0.05) is 17.7 Å². The molecular formula is C27H28ClN5O3. The molecule has 0 fully saturated rings. The third-order valence-electron chi connectivity index (χ3n) is 5.61. The Kier molecular flexibility index (Phi) is 6.99. The van der Waals surface area contributed by atoms with Crippen LogP contribution in [0.1, 0.15) is 42.3 Å². The maximum atomic E-state index is 12.6. The molecule has 4 rings (SSSR count). The van der Waals surface area contributed by atoms with Crippen LogP contribution in [0.25, 0.3) is 10.9 Å². The maximum Gasteiger partial charge on any atom is 0.251 e. The van der Waals surface area contributed by atoms with Crippen LogP contribution in [0.15, 0.2) is 55.0 Å². The molecule has 0 saturated heterocycles. The van der Waals surface area contributed by atoms with Crippen molar-refractivity contribution in [3.05, 3.63) is 76.7 Å². The third-order valence-corrected chi connectivity index (χ3v) is 5.89. The largest absolute Gasteiger partial charge is 0.455 e. The third kappa shape index (κ3) is 5.49. The first-order valence-corrected chi connectivity index (χ1v) is 11.9. The van der Waals surface area contributed by atoms with Crippen LogP contribution in [0, 0.1) is 6.92 Å². The average Bonchev–Trinajstić information content (AvgIpc) is 3.29. The van der Waals surface area contributed by atoms with Crippen molar-refractivity contribution in [2.45, 2.75) is 39.7 Å². The quantitative estimate of drug-likeness (QED) is 0.361. The number of halogens is 1. The molecule has 186 valence electrons. The van der Waals surface area contributed by atoms with E-state index in [0.717, 1.165) is 11.1 Å². The Morgan fingerprint density at radius 1 is 1.14 bits per heavy atom. The van der Waals surface area contributed by atoms with Crippen LogP contribution >= 0.6 is 11.6 Å². The number of carbonyl (C=O) groups excluding carboxylic acids is 2. The number of ether oxygens (including phenoxy) is 1. The van der Waals surface area contributed by atoms with E-state index in [1.54, 1.807) is 54.5 Å². The number of amides is 2. The Balaban J connectivity index is 1.54. The van der Waals surface area contributed by atoms with Gasteiger partial charge in [-0.2, -0.15) is 5.10 Å². The molecule has 0 aliphatic rings. The van der Waals surface area contributed by atoms with Crippen molar-refractivity contribution in [1.29, 1.82) is 0 Å². The monoisotopic (exact) mass is 505 g/mol. The molecule has 2 aromatic carbocycles. The van der Waals surface area contributed by atoms with Gasteiger partial charge in [-0.15, -0.1) is 0 Å². The SMILES string of the molecule is CNC(=O)c1ccc2nccc(Oc3c(C)cc(CC(=O)Nc4cnn(C(C)(C)C)c4)cc3Cl)c2c1. The predicted octanol–water partition coefficient (Wildman–Crippen LogP) is 5.48. The van der Waals surface area contributed by atoms with Gasteiger partial charge in [-0.25, -0.2) is 0 Å². The normalized spacial score (nSPS) is 11.4. The number of nitrogens with zero attached hydrogens (tertiary/aromatic N) is 3. The molecule has 2 heterocycles. The number of hydrogen-bond donors (Lipinski definition) is 2. The molecule has 2 amide bonds. The van der Waals surface area contributed by atoms with Gasteiger partial charge in [0.1, 0.15) is 11.5 Å². The van der Waals surface area contributed by atoms with Crippen molar-refractivity contribution in [3.63, 3.8) is 0 Å². The Bertz CT molecular complexity index is 1430. The number of aryl methyl sites for hydroxylation is 1. The van der Waals surface area contributed by atoms with Crippen LogP contribution in [0.3, 0.4) is 0 Å². The van der Waals surface area contributed by atoms with Crippen molar-refractivity contribution in [2.24, 2.45) is 0 Å². The Labute approximate surface area is 214 Å². The van der Waals surface area contributed by atoms with Crippen LogP contribution in [-0.2, 0) is 16.8 Å². The molecule has 0 aliphatic carbocycles. The number of anilines is 1. The lowest BCUT2D eigenvalue weighted by Crippen LogP contribution is -2.22. The molecule has 0 spiro atoms. The van der Waals surface area contributed by atoms with E-state index in [1.165, 1.54) is 0 Å². The van der Waals surface area contributed by atoms with Crippen molar-refractivity contribution >= 4 is 40.0 Å². The molecule has 2 aromatic heterocycles. The van der Waals surface area contributed by atoms with E-state index in [9.17, 15) is 9.59 Å². The summed E-state index contributed by atoms with van der Waals surface area (Å²) < 4.78 is 8.00. The lowest BCUT2D eigenvalue weighted by atomic mass is 10.1. The molecule has 0 saturated carbocycles. The minimum Gasteiger partial charge on any atom is -0.455 e. The first-order valence-electron chi connectivity index (χ1n) is 11.5. The Morgan fingerprint density at radius 2 is 1.92 bits per heavy atom. The van der Waals surface area contributed by atoms with Crippen molar-refractivity contribution < 1.29 is 14.3 Å². The highest BCUT2D eigenvalue weighted by atomic mass is 35.5. The summed E-state index contributed by atoms with van der Waals surface area (Å²) in [6.45, 7) is 7.98. The second-order valence-electron chi connectivity index (χ2n) is 9.52. The molecule has 0 atom stereocenters. The minimum absolute atomic E-state index is 0.148. The number of hydrogen-bond acceptors (Lipinski definition) is 5. The van der Waals surface area contributed by atoms with E-state index in [1.807, 2.05) is 40.0 Å². The van der Waals surface area contributed by atoms with Gasteiger partial charge in [0, 0.05) is 30.4 Å². The summed E-state index contributed by atoms with van der Waals surface area (Å²) in [5, 5.41) is 10.9.